The van der Waals surface area contributed by atoms with E-state index in [0.717, 1.165) is 24.8 Å². The van der Waals surface area contributed by atoms with E-state index in [1.165, 1.54) is 6.07 Å². The molecule has 1 aliphatic rings. The molecule has 0 aromatic heterocycles. The molecule has 110 valence electrons. The van der Waals surface area contributed by atoms with Crippen LogP contribution in [0, 0.1) is 22.5 Å². The van der Waals surface area contributed by atoms with Gasteiger partial charge in [0.1, 0.15) is 6.10 Å². The lowest BCUT2D eigenvalue weighted by molar-refractivity contribution is -0.386. The maximum atomic E-state index is 11.1. The fourth-order valence-electron chi connectivity index (χ4n) is 3.09. The molecule has 0 aliphatic heterocycles. The number of nitro benzene ring substituents is 1. The van der Waals surface area contributed by atoms with Gasteiger partial charge in [-0.3, -0.25) is 10.1 Å². The summed E-state index contributed by atoms with van der Waals surface area (Å²) in [5, 5.41) is 11.2. The van der Waals surface area contributed by atoms with Gasteiger partial charge in [-0.25, -0.2) is 0 Å². The maximum Gasteiger partial charge on any atom is 0.311 e. The first kappa shape index (κ1) is 15.1. The minimum absolute atomic E-state index is 0.0316. The molecule has 1 saturated carbocycles. The van der Waals surface area contributed by atoms with Gasteiger partial charge < -0.3 is 4.74 Å². The van der Waals surface area contributed by atoms with Gasteiger partial charge >= 0.3 is 5.69 Å². The average Bonchev–Trinajstić information content (AvgIpc) is 2.41. The van der Waals surface area contributed by atoms with Crippen molar-refractivity contribution in [2.75, 3.05) is 0 Å². The molecule has 5 heteroatoms. The van der Waals surface area contributed by atoms with Crippen molar-refractivity contribution in [1.29, 1.82) is 0 Å². The van der Waals surface area contributed by atoms with Gasteiger partial charge in [0.05, 0.1) is 4.92 Å². The van der Waals surface area contributed by atoms with Gasteiger partial charge in [0.15, 0.2) is 5.75 Å². The minimum Gasteiger partial charge on any atom is -0.483 e. The predicted molar refractivity (Wildman–Crippen MR) is 79.5 cm³/mol. The molecule has 1 aliphatic carbocycles. The summed E-state index contributed by atoms with van der Waals surface area (Å²) in [6.45, 7) is 6.03. The van der Waals surface area contributed by atoms with Gasteiger partial charge in [-0.1, -0.05) is 26.0 Å². The fraction of sp³-hybridized carbons (Fsp3) is 0.600. The zero-order valence-electron chi connectivity index (χ0n) is 12.1. The highest BCUT2D eigenvalue weighted by molar-refractivity contribution is 6.21. The van der Waals surface area contributed by atoms with Crippen LogP contribution in [0.3, 0.4) is 0 Å². The van der Waals surface area contributed by atoms with Crippen LogP contribution >= 0.6 is 11.6 Å². The van der Waals surface area contributed by atoms with Gasteiger partial charge in [0.2, 0.25) is 0 Å². The zero-order chi connectivity index (χ0) is 14.9. The standard InChI is InChI=1S/C15H20ClNO3/c1-4-15(5-2)12(16)9-13(15)20-14-10(3)7-6-8-11(14)17(18)19/h6-8,12-13H,4-5,9H2,1-3H3. The number of alkyl halides is 1. The van der Waals surface area contributed by atoms with Crippen molar-refractivity contribution in [1.82, 2.24) is 0 Å². The Balaban J connectivity index is 2.30. The maximum absolute atomic E-state index is 11.1. The molecular formula is C15H20ClNO3. The van der Waals surface area contributed by atoms with Gasteiger partial charge in [-0.2, -0.15) is 0 Å². The van der Waals surface area contributed by atoms with E-state index >= 15 is 0 Å². The summed E-state index contributed by atoms with van der Waals surface area (Å²) in [5.41, 5.74) is 0.750. The van der Waals surface area contributed by atoms with Gasteiger partial charge in [0, 0.05) is 23.3 Å². The number of nitrogens with zero attached hydrogens (tertiary/aromatic N) is 1. The first-order chi connectivity index (χ1) is 9.46. The van der Waals surface area contributed by atoms with E-state index in [4.69, 9.17) is 16.3 Å². The second-order valence-electron chi connectivity index (χ2n) is 5.43. The normalized spacial score (nSPS) is 24.0. The number of aryl methyl sites for hydroxylation is 1. The number of hydrogen-bond acceptors (Lipinski definition) is 3. The largest absolute Gasteiger partial charge is 0.483 e. The molecule has 0 N–H and O–H groups in total. The lowest BCUT2D eigenvalue weighted by Crippen LogP contribution is -2.56. The Hall–Kier alpha value is -1.29. The molecule has 2 atom stereocenters. The Morgan fingerprint density at radius 2 is 2.10 bits per heavy atom. The van der Waals surface area contributed by atoms with Crippen LogP contribution < -0.4 is 4.74 Å². The van der Waals surface area contributed by atoms with Crippen molar-refractivity contribution in [3.63, 3.8) is 0 Å². The summed E-state index contributed by atoms with van der Waals surface area (Å²) in [6.07, 6.45) is 2.54. The molecule has 1 fully saturated rings. The number of rotatable bonds is 5. The third-order valence-electron chi connectivity index (χ3n) is 4.65. The van der Waals surface area contributed by atoms with Crippen molar-refractivity contribution in [3.8, 4) is 5.75 Å². The third-order valence-corrected chi connectivity index (χ3v) is 5.26. The fourth-order valence-corrected chi connectivity index (χ4v) is 3.70. The van der Waals surface area contributed by atoms with Crippen molar-refractivity contribution in [2.45, 2.75) is 51.5 Å². The molecule has 0 saturated heterocycles. The van der Waals surface area contributed by atoms with Crippen molar-refractivity contribution < 1.29 is 9.66 Å². The summed E-state index contributed by atoms with van der Waals surface area (Å²) in [5.74, 6) is 0.386. The average molecular weight is 298 g/mol. The van der Waals surface area contributed by atoms with E-state index in [1.807, 2.05) is 13.0 Å². The molecule has 2 unspecified atom stereocenters. The molecule has 0 heterocycles. The van der Waals surface area contributed by atoms with Gasteiger partial charge in [-0.05, 0) is 25.3 Å². The lowest BCUT2D eigenvalue weighted by Gasteiger charge is -2.52. The Kier molecular flexibility index (Phi) is 4.23. The zero-order valence-corrected chi connectivity index (χ0v) is 12.8. The van der Waals surface area contributed by atoms with Crippen LogP contribution in [0.1, 0.15) is 38.7 Å². The number of hydrogen-bond donors (Lipinski definition) is 0. The molecule has 4 nitrogen and oxygen atoms in total. The highest BCUT2D eigenvalue weighted by Crippen LogP contribution is 2.52. The van der Waals surface area contributed by atoms with Gasteiger partial charge in [-0.15, -0.1) is 11.6 Å². The van der Waals surface area contributed by atoms with Crippen LogP contribution in [0.4, 0.5) is 5.69 Å². The van der Waals surface area contributed by atoms with E-state index in [1.54, 1.807) is 6.07 Å². The molecule has 0 bridgehead atoms. The highest BCUT2D eigenvalue weighted by Gasteiger charge is 2.54. The van der Waals surface area contributed by atoms with E-state index in [2.05, 4.69) is 13.8 Å². The molecule has 2 rings (SSSR count). The summed E-state index contributed by atoms with van der Waals surface area (Å²) in [4.78, 5) is 10.7. The molecule has 0 amide bonds. The van der Waals surface area contributed by atoms with Crippen molar-refractivity contribution in [3.05, 3.63) is 33.9 Å². The topological polar surface area (TPSA) is 52.4 Å². The Morgan fingerprint density at radius 1 is 1.45 bits per heavy atom. The van der Waals surface area contributed by atoms with Crippen LogP contribution in [0.15, 0.2) is 18.2 Å². The Morgan fingerprint density at radius 3 is 2.60 bits per heavy atom. The summed E-state index contributed by atoms with van der Waals surface area (Å²) in [6, 6.07) is 5.00. The van der Waals surface area contributed by atoms with Crippen molar-refractivity contribution >= 4 is 17.3 Å². The van der Waals surface area contributed by atoms with E-state index in [9.17, 15) is 10.1 Å². The van der Waals surface area contributed by atoms with E-state index < -0.39 is 4.92 Å². The van der Waals surface area contributed by atoms with Gasteiger partial charge in [0.25, 0.3) is 0 Å². The lowest BCUT2D eigenvalue weighted by atomic mass is 9.62. The second kappa shape index (κ2) is 5.60. The van der Waals surface area contributed by atoms with Crippen LogP contribution in [0.25, 0.3) is 0 Å². The van der Waals surface area contributed by atoms with E-state index in [0.29, 0.717) is 5.75 Å². The SMILES string of the molecule is CCC1(CC)C(Cl)CC1Oc1c(C)cccc1[N+](=O)[O-]. The van der Waals surface area contributed by atoms with Crippen LogP contribution in [-0.4, -0.2) is 16.4 Å². The van der Waals surface area contributed by atoms with Crippen molar-refractivity contribution in [2.24, 2.45) is 5.41 Å². The predicted octanol–water partition coefficient (Wildman–Crippen LogP) is 4.47. The third kappa shape index (κ3) is 2.26. The van der Waals surface area contributed by atoms with Crippen LogP contribution in [0.5, 0.6) is 5.75 Å². The quantitative estimate of drug-likeness (QED) is 0.458. The van der Waals surface area contributed by atoms with E-state index in [-0.39, 0.29) is 22.6 Å². The van der Waals surface area contributed by atoms with Crippen LogP contribution in [0.2, 0.25) is 0 Å². The second-order valence-corrected chi connectivity index (χ2v) is 5.96. The minimum atomic E-state index is -0.390. The van der Waals surface area contributed by atoms with Crippen LogP contribution in [-0.2, 0) is 0 Å². The molecule has 0 spiro atoms. The molecule has 1 aromatic rings. The first-order valence-electron chi connectivity index (χ1n) is 7.01. The Bertz CT molecular complexity index is 514. The molecule has 20 heavy (non-hydrogen) atoms. The smallest absolute Gasteiger partial charge is 0.311 e. The highest BCUT2D eigenvalue weighted by atomic mass is 35.5. The first-order valence-corrected chi connectivity index (χ1v) is 7.44. The Labute approximate surface area is 124 Å². The number of halogens is 1. The molecular weight excluding hydrogens is 278 g/mol. The number of nitro groups is 1. The monoisotopic (exact) mass is 297 g/mol. The summed E-state index contributed by atoms with van der Waals surface area (Å²) >= 11 is 6.36. The summed E-state index contributed by atoms with van der Waals surface area (Å²) in [7, 11) is 0. The number of benzene rings is 1. The molecule has 0 radical (unpaired) electrons. The summed E-state index contributed by atoms with van der Waals surface area (Å²) < 4.78 is 6.02. The number of ether oxygens (including phenoxy) is 1. The number of para-hydroxylation sites is 1. The molecule has 1 aromatic carbocycles.